The van der Waals surface area contributed by atoms with E-state index >= 15 is 0 Å². The molecule has 9 nitrogen and oxygen atoms in total. The first kappa shape index (κ1) is 23.4. The summed E-state index contributed by atoms with van der Waals surface area (Å²) in [5, 5.41) is 29.0. The lowest BCUT2D eigenvalue weighted by Gasteiger charge is -2.23. The third-order valence-corrected chi connectivity index (χ3v) is 4.20. The van der Waals surface area contributed by atoms with Crippen molar-refractivity contribution >= 4 is 17.7 Å². The lowest BCUT2D eigenvalue weighted by atomic mass is 9.96. The molecule has 2 amide bonds. The molecule has 2 rings (SSSR count). The number of carbonyl (C=O) groups excluding carboxylic acids is 2. The van der Waals surface area contributed by atoms with Gasteiger partial charge in [-0.2, -0.15) is 5.26 Å². The average molecular weight is 425 g/mol. The lowest BCUT2D eigenvalue weighted by molar-refractivity contribution is -0.124. The predicted molar refractivity (Wildman–Crippen MR) is 111 cm³/mol. The van der Waals surface area contributed by atoms with Gasteiger partial charge in [0.1, 0.15) is 18.5 Å². The van der Waals surface area contributed by atoms with E-state index in [0.29, 0.717) is 22.6 Å². The maximum absolute atomic E-state index is 12.5. The number of nitrogens with zero attached hydrogens (tertiary/aromatic N) is 1. The molecule has 0 saturated heterocycles. The van der Waals surface area contributed by atoms with Crippen molar-refractivity contribution in [2.24, 2.45) is 5.92 Å². The van der Waals surface area contributed by atoms with Crippen LogP contribution in [0.5, 0.6) is 5.75 Å². The summed E-state index contributed by atoms with van der Waals surface area (Å²) in [7, 11) is 0. The lowest BCUT2D eigenvalue weighted by Crippen LogP contribution is -2.22. The van der Waals surface area contributed by atoms with Crippen LogP contribution in [-0.2, 0) is 9.53 Å². The fourth-order valence-corrected chi connectivity index (χ4v) is 2.66. The molecule has 0 radical (unpaired) electrons. The Hall–Kier alpha value is -3.87. The van der Waals surface area contributed by atoms with Crippen LogP contribution < -0.4 is 15.5 Å². The zero-order valence-electron chi connectivity index (χ0n) is 16.8. The van der Waals surface area contributed by atoms with E-state index in [-0.39, 0.29) is 13.2 Å². The van der Waals surface area contributed by atoms with Gasteiger partial charge in [-0.15, -0.1) is 0 Å². The van der Waals surface area contributed by atoms with Gasteiger partial charge in [0.05, 0.1) is 18.2 Å². The molecule has 0 fully saturated rings. The number of aliphatic hydroxyl groups excluding tert-OH is 1. The maximum atomic E-state index is 12.5. The van der Waals surface area contributed by atoms with Crippen molar-refractivity contribution in [1.29, 1.82) is 5.26 Å². The number of hydrogen-bond acceptors (Lipinski definition) is 7. The second-order valence-corrected chi connectivity index (χ2v) is 6.48. The van der Waals surface area contributed by atoms with Crippen molar-refractivity contribution in [3.63, 3.8) is 0 Å². The van der Waals surface area contributed by atoms with E-state index in [1.165, 1.54) is 11.6 Å². The van der Waals surface area contributed by atoms with Crippen LogP contribution in [-0.4, -0.2) is 35.5 Å². The number of ether oxygens (including phenoxy) is 2. The Bertz CT molecular complexity index is 935. The molecule has 31 heavy (non-hydrogen) atoms. The summed E-state index contributed by atoms with van der Waals surface area (Å²) in [6.45, 7) is 1.79. The number of amides is 2. The van der Waals surface area contributed by atoms with Gasteiger partial charge in [-0.1, -0.05) is 25.1 Å². The molecule has 0 aromatic heterocycles. The molecule has 0 saturated carbocycles. The van der Waals surface area contributed by atoms with Gasteiger partial charge in [-0.25, -0.2) is 10.3 Å². The number of hydroxylamine groups is 1. The Labute approximate surface area is 179 Å². The molecule has 0 spiro atoms. The fourth-order valence-electron chi connectivity index (χ4n) is 2.66. The van der Waals surface area contributed by atoms with Crippen molar-refractivity contribution in [3.05, 3.63) is 71.8 Å². The zero-order valence-corrected chi connectivity index (χ0v) is 16.8. The van der Waals surface area contributed by atoms with Crippen molar-refractivity contribution in [2.45, 2.75) is 13.0 Å². The molecule has 0 unspecified atom stereocenters. The third kappa shape index (κ3) is 7.47. The molecule has 0 aliphatic carbocycles. The highest BCUT2D eigenvalue weighted by atomic mass is 16.6. The highest BCUT2D eigenvalue weighted by molar-refractivity contribution is 5.86. The Morgan fingerprint density at radius 3 is 2.42 bits per heavy atom. The Balaban J connectivity index is 2.17. The molecule has 162 valence electrons. The highest BCUT2D eigenvalue weighted by Gasteiger charge is 2.22. The smallest absolute Gasteiger partial charge is 0.412 e. The Kier molecular flexibility index (Phi) is 9.04. The molecule has 0 aliphatic rings. The first-order valence-corrected chi connectivity index (χ1v) is 9.40. The molecule has 0 aliphatic heterocycles. The number of carbonyl (C=O) groups is 2. The van der Waals surface area contributed by atoms with E-state index in [1.807, 2.05) is 6.07 Å². The predicted octanol–water partition coefficient (Wildman–Crippen LogP) is 2.92. The number of nitriles is 1. The van der Waals surface area contributed by atoms with Crippen LogP contribution in [0.15, 0.2) is 60.7 Å². The van der Waals surface area contributed by atoms with Gasteiger partial charge >= 0.3 is 6.09 Å². The van der Waals surface area contributed by atoms with Gasteiger partial charge in [-0.05, 0) is 42.0 Å². The van der Waals surface area contributed by atoms with Crippen LogP contribution in [0.3, 0.4) is 0 Å². The summed E-state index contributed by atoms with van der Waals surface area (Å²) >= 11 is 0. The van der Waals surface area contributed by atoms with Gasteiger partial charge < -0.3 is 14.6 Å². The summed E-state index contributed by atoms with van der Waals surface area (Å²) in [5.41, 5.74) is 3.07. The number of benzene rings is 2. The molecule has 2 atom stereocenters. The van der Waals surface area contributed by atoms with Crippen molar-refractivity contribution in [3.8, 4) is 11.8 Å². The normalized spacial score (nSPS) is 12.5. The fraction of sp³-hybridized carbons (Fsp3) is 0.227. The van der Waals surface area contributed by atoms with Crippen molar-refractivity contribution in [1.82, 2.24) is 5.48 Å². The quantitative estimate of drug-likeness (QED) is 0.275. The van der Waals surface area contributed by atoms with E-state index in [9.17, 15) is 9.59 Å². The van der Waals surface area contributed by atoms with E-state index in [4.69, 9.17) is 25.0 Å². The third-order valence-electron chi connectivity index (χ3n) is 4.20. The first-order chi connectivity index (χ1) is 15.0. The highest BCUT2D eigenvalue weighted by Crippen LogP contribution is 2.29. The van der Waals surface area contributed by atoms with Crippen LogP contribution in [0.1, 0.15) is 24.2 Å². The number of hydrogen-bond donors (Lipinski definition) is 4. The number of anilines is 1. The second kappa shape index (κ2) is 12.0. The van der Waals surface area contributed by atoms with Crippen LogP contribution >= 0.6 is 0 Å². The summed E-state index contributed by atoms with van der Waals surface area (Å²) in [6.07, 6.45) is 1.16. The second-order valence-electron chi connectivity index (χ2n) is 6.48. The van der Waals surface area contributed by atoms with Gasteiger partial charge in [0.2, 0.25) is 0 Å². The van der Waals surface area contributed by atoms with E-state index in [2.05, 4.69) is 5.32 Å². The van der Waals surface area contributed by atoms with Crippen molar-refractivity contribution < 1.29 is 29.4 Å². The molecule has 2 aromatic rings. The minimum absolute atomic E-state index is 0.113. The van der Waals surface area contributed by atoms with Crippen molar-refractivity contribution in [2.75, 3.05) is 18.5 Å². The van der Waals surface area contributed by atoms with E-state index in [0.717, 1.165) is 6.08 Å². The van der Waals surface area contributed by atoms with Gasteiger partial charge in [0.25, 0.3) is 5.91 Å². The van der Waals surface area contributed by atoms with Crippen LogP contribution in [0.2, 0.25) is 0 Å². The number of aliphatic hydroxyl groups is 1. The summed E-state index contributed by atoms with van der Waals surface area (Å²) < 4.78 is 10.9. The summed E-state index contributed by atoms with van der Waals surface area (Å²) in [5.74, 6) is -0.588. The topological polar surface area (TPSA) is 141 Å². The van der Waals surface area contributed by atoms with Crippen LogP contribution in [0.25, 0.3) is 0 Å². The Morgan fingerprint density at radius 2 is 1.84 bits per heavy atom. The molecule has 0 heterocycles. The molecule has 0 bridgehead atoms. The monoisotopic (exact) mass is 425 g/mol. The van der Waals surface area contributed by atoms with Gasteiger partial charge in [-0.3, -0.25) is 15.3 Å². The van der Waals surface area contributed by atoms with Gasteiger partial charge in [0, 0.05) is 17.7 Å². The largest absolute Gasteiger partial charge is 0.491 e. The standard InChI is InChI=1S/C22H23N3O6/c1-15(2-11-20(27)25-29)21(17-5-9-19(10-6-17)30-13-12-26)31-22(28)24-18-7-3-16(14-23)4-8-18/h2-11,15,21,26,29H,12-13H2,1H3,(H,24,28)(H,25,27)/b11-2+/t15-,21-/m0/s1. The first-order valence-electron chi connectivity index (χ1n) is 9.40. The number of rotatable bonds is 9. The van der Waals surface area contributed by atoms with Crippen LogP contribution in [0.4, 0.5) is 10.5 Å². The van der Waals surface area contributed by atoms with E-state index < -0.39 is 24.0 Å². The van der Waals surface area contributed by atoms with Gasteiger partial charge in [0.15, 0.2) is 0 Å². The summed E-state index contributed by atoms with van der Waals surface area (Å²) in [6, 6.07) is 15.1. The maximum Gasteiger partial charge on any atom is 0.412 e. The Morgan fingerprint density at radius 1 is 1.16 bits per heavy atom. The molecule has 9 heteroatoms. The van der Waals surface area contributed by atoms with Crippen LogP contribution in [0, 0.1) is 17.2 Å². The van der Waals surface area contributed by atoms with E-state index in [1.54, 1.807) is 55.5 Å². The molecular formula is C22H23N3O6. The SMILES string of the molecule is C[C@@H](/C=C/C(=O)NO)[C@H](OC(=O)Nc1ccc(C#N)cc1)c1ccc(OCCO)cc1. The summed E-state index contributed by atoms with van der Waals surface area (Å²) in [4.78, 5) is 23.8. The molecular weight excluding hydrogens is 402 g/mol. The molecule has 4 N–H and O–H groups in total. The molecule has 2 aromatic carbocycles. The average Bonchev–Trinajstić information content (AvgIpc) is 2.80. The number of nitrogens with one attached hydrogen (secondary N) is 2. The zero-order chi connectivity index (χ0) is 22.6. The minimum Gasteiger partial charge on any atom is -0.491 e. The minimum atomic E-state index is -0.756.